The topological polar surface area (TPSA) is 36.4 Å². The van der Waals surface area contributed by atoms with Gasteiger partial charge in [-0.05, 0) is 43.9 Å². The van der Waals surface area contributed by atoms with E-state index in [2.05, 4.69) is 54.6 Å². The molecular formula is C14H21N3. The lowest BCUT2D eigenvalue weighted by Gasteiger charge is -2.12. The third kappa shape index (κ3) is 2.99. The van der Waals surface area contributed by atoms with Crippen LogP contribution in [0.5, 0.6) is 0 Å². The molecule has 0 amide bonds. The normalized spacial score (nSPS) is 18.8. The number of hydrogen-bond acceptors (Lipinski definition) is 3. The zero-order chi connectivity index (χ0) is 12.3. The first-order valence-corrected chi connectivity index (χ1v) is 6.27. The lowest BCUT2D eigenvalue weighted by atomic mass is 10.0. The van der Waals surface area contributed by atoms with E-state index < -0.39 is 0 Å². The summed E-state index contributed by atoms with van der Waals surface area (Å²) in [4.78, 5) is 4.39. The number of aryl methyl sites for hydroxylation is 2. The summed E-state index contributed by atoms with van der Waals surface area (Å²) < 4.78 is 0. The van der Waals surface area contributed by atoms with Crippen LogP contribution in [0.25, 0.3) is 0 Å². The third-order valence-corrected chi connectivity index (χ3v) is 3.22. The first-order valence-electron chi connectivity index (χ1n) is 6.27. The molecule has 0 aromatic heterocycles. The molecule has 2 N–H and O–H groups in total. The highest BCUT2D eigenvalue weighted by Crippen LogP contribution is 2.13. The van der Waals surface area contributed by atoms with Gasteiger partial charge in [0.15, 0.2) is 5.96 Å². The van der Waals surface area contributed by atoms with Crippen LogP contribution in [0.2, 0.25) is 0 Å². The Kier molecular flexibility index (Phi) is 3.67. The Balaban J connectivity index is 1.86. The molecule has 2 rings (SSSR count). The van der Waals surface area contributed by atoms with Crippen molar-refractivity contribution in [3.05, 3.63) is 34.9 Å². The molecular weight excluding hydrogens is 210 g/mol. The number of benzene rings is 1. The van der Waals surface area contributed by atoms with E-state index in [9.17, 15) is 0 Å². The first-order chi connectivity index (χ1) is 8.16. The number of nitrogens with zero attached hydrogens (tertiary/aromatic N) is 1. The number of guanidine groups is 1. The average molecular weight is 231 g/mol. The Morgan fingerprint density at radius 1 is 1.35 bits per heavy atom. The zero-order valence-electron chi connectivity index (χ0n) is 10.9. The molecule has 0 aliphatic carbocycles. The maximum atomic E-state index is 4.39. The summed E-state index contributed by atoms with van der Waals surface area (Å²) >= 11 is 0. The standard InChI is InChI=1S/C14H21N3/c1-10-5-4-6-11(2)13(10)7-8-15-14-16-9-12(3)17-14/h4-6,12H,7-9H2,1-3H3,(H2,15,16,17). The van der Waals surface area contributed by atoms with Crippen molar-refractivity contribution in [3.8, 4) is 0 Å². The van der Waals surface area contributed by atoms with Gasteiger partial charge >= 0.3 is 0 Å². The number of aliphatic imine (C=N–C) groups is 1. The lowest BCUT2D eigenvalue weighted by molar-refractivity contribution is 0.712. The van der Waals surface area contributed by atoms with Gasteiger partial charge in [-0.15, -0.1) is 0 Å². The van der Waals surface area contributed by atoms with Crippen molar-refractivity contribution in [1.82, 2.24) is 10.6 Å². The SMILES string of the molecule is Cc1cccc(C)c1CCNC1=NCC(C)N1. The second-order valence-corrected chi connectivity index (χ2v) is 4.78. The van der Waals surface area contributed by atoms with E-state index in [0.717, 1.165) is 25.5 Å². The van der Waals surface area contributed by atoms with E-state index in [1.165, 1.54) is 16.7 Å². The monoisotopic (exact) mass is 231 g/mol. The molecule has 1 atom stereocenters. The summed E-state index contributed by atoms with van der Waals surface area (Å²) in [5, 5.41) is 6.66. The second-order valence-electron chi connectivity index (χ2n) is 4.78. The molecule has 0 bridgehead atoms. The molecule has 1 unspecified atom stereocenters. The Bertz CT molecular complexity index is 403. The molecule has 92 valence electrons. The molecule has 1 aromatic rings. The van der Waals surface area contributed by atoms with Crippen LogP contribution in [-0.4, -0.2) is 25.1 Å². The lowest BCUT2D eigenvalue weighted by Crippen LogP contribution is -2.38. The van der Waals surface area contributed by atoms with Crippen molar-refractivity contribution in [2.75, 3.05) is 13.1 Å². The highest BCUT2D eigenvalue weighted by Gasteiger charge is 2.11. The minimum absolute atomic E-state index is 0.470. The van der Waals surface area contributed by atoms with Crippen molar-refractivity contribution in [3.63, 3.8) is 0 Å². The van der Waals surface area contributed by atoms with E-state index in [-0.39, 0.29) is 0 Å². The summed E-state index contributed by atoms with van der Waals surface area (Å²) in [6.45, 7) is 8.31. The summed E-state index contributed by atoms with van der Waals surface area (Å²) in [5.41, 5.74) is 4.20. The number of hydrogen-bond donors (Lipinski definition) is 2. The van der Waals surface area contributed by atoms with Crippen LogP contribution >= 0.6 is 0 Å². The van der Waals surface area contributed by atoms with E-state index in [1.807, 2.05) is 0 Å². The van der Waals surface area contributed by atoms with Crippen LogP contribution in [-0.2, 0) is 6.42 Å². The van der Waals surface area contributed by atoms with Gasteiger partial charge in [-0.2, -0.15) is 0 Å². The number of rotatable bonds is 3. The molecule has 0 saturated heterocycles. The minimum Gasteiger partial charge on any atom is -0.356 e. The van der Waals surface area contributed by atoms with Crippen molar-refractivity contribution in [1.29, 1.82) is 0 Å². The van der Waals surface area contributed by atoms with Crippen molar-refractivity contribution < 1.29 is 0 Å². The Labute approximate surface area is 103 Å². The largest absolute Gasteiger partial charge is 0.356 e. The van der Waals surface area contributed by atoms with Gasteiger partial charge in [0, 0.05) is 12.6 Å². The molecule has 0 radical (unpaired) electrons. The molecule has 1 heterocycles. The molecule has 17 heavy (non-hydrogen) atoms. The van der Waals surface area contributed by atoms with E-state index in [1.54, 1.807) is 0 Å². The van der Waals surface area contributed by atoms with Gasteiger partial charge in [0.2, 0.25) is 0 Å². The Morgan fingerprint density at radius 3 is 2.65 bits per heavy atom. The fraction of sp³-hybridized carbons (Fsp3) is 0.500. The third-order valence-electron chi connectivity index (χ3n) is 3.22. The Morgan fingerprint density at radius 2 is 2.06 bits per heavy atom. The molecule has 1 aliphatic rings. The minimum atomic E-state index is 0.470. The quantitative estimate of drug-likeness (QED) is 0.832. The summed E-state index contributed by atoms with van der Waals surface area (Å²) in [6.07, 6.45) is 1.05. The van der Waals surface area contributed by atoms with Crippen LogP contribution in [0.3, 0.4) is 0 Å². The molecule has 1 aromatic carbocycles. The van der Waals surface area contributed by atoms with E-state index in [0.29, 0.717) is 6.04 Å². The fourth-order valence-electron chi connectivity index (χ4n) is 2.21. The zero-order valence-corrected chi connectivity index (χ0v) is 10.9. The van der Waals surface area contributed by atoms with Gasteiger partial charge in [-0.1, -0.05) is 18.2 Å². The van der Waals surface area contributed by atoms with Crippen molar-refractivity contribution in [2.24, 2.45) is 4.99 Å². The molecule has 0 fully saturated rings. The van der Waals surface area contributed by atoms with Gasteiger partial charge in [0.05, 0.1) is 6.54 Å². The predicted octanol–water partition coefficient (Wildman–Crippen LogP) is 1.78. The molecule has 1 aliphatic heterocycles. The van der Waals surface area contributed by atoms with E-state index >= 15 is 0 Å². The van der Waals surface area contributed by atoms with Gasteiger partial charge in [0.1, 0.15) is 0 Å². The maximum absolute atomic E-state index is 4.39. The highest BCUT2D eigenvalue weighted by atomic mass is 15.2. The van der Waals surface area contributed by atoms with Crippen LogP contribution in [0.1, 0.15) is 23.6 Å². The Hall–Kier alpha value is -1.51. The molecule has 3 nitrogen and oxygen atoms in total. The van der Waals surface area contributed by atoms with Gasteiger partial charge in [-0.25, -0.2) is 0 Å². The van der Waals surface area contributed by atoms with Gasteiger partial charge < -0.3 is 10.6 Å². The molecule has 0 spiro atoms. The maximum Gasteiger partial charge on any atom is 0.191 e. The summed E-state index contributed by atoms with van der Waals surface area (Å²) in [7, 11) is 0. The van der Waals surface area contributed by atoms with Gasteiger partial charge in [0.25, 0.3) is 0 Å². The highest BCUT2D eigenvalue weighted by molar-refractivity contribution is 5.81. The summed E-state index contributed by atoms with van der Waals surface area (Å²) in [6, 6.07) is 6.94. The predicted molar refractivity (Wildman–Crippen MR) is 72.5 cm³/mol. The van der Waals surface area contributed by atoms with Crippen molar-refractivity contribution >= 4 is 5.96 Å². The van der Waals surface area contributed by atoms with Crippen LogP contribution in [0, 0.1) is 13.8 Å². The number of nitrogens with one attached hydrogen (secondary N) is 2. The van der Waals surface area contributed by atoms with Gasteiger partial charge in [-0.3, -0.25) is 4.99 Å². The fourth-order valence-corrected chi connectivity index (χ4v) is 2.21. The smallest absolute Gasteiger partial charge is 0.191 e. The molecule has 3 heteroatoms. The van der Waals surface area contributed by atoms with Crippen LogP contribution in [0.15, 0.2) is 23.2 Å². The van der Waals surface area contributed by atoms with Crippen LogP contribution < -0.4 is 10.6 Å². The van der Waals surface area contributed by atoms with Crippen molar-refractivity contribution in [2.45, 2.75) is 33.2 Å². The summed E-state index contributed by atoms with van der Waals surface area (Å²) in [5.74, 6) is 0.948. The average Bonchev–Trinajstić information content (AvgIpc) is 2.69. The van der Waals surface area contributed by atoms with E-state index in [4.69, 9.17) is 0 Å². The first kappa shape index (κ1) is 12.0. The van der Waals surface area contributed by atoms with Crippen LogP contribution in [0.4, 0.5) is 0 Å². The second kappa shape index (κ2) is 5.21. The molecule has 0 saturated carbocycles.